The summed E-state index contributed by atoms with van der Waals surface area (Å²) in [5.41, 5.74) is 0. The number of halogens is 2. The Morgan fingerprint density at radius 1 is 1.29 bits per heavy atom. The van der Waals surface area contributed by atoms with E-state index in [1.54, 1.807) is 7.11 Å². The van der Waals surface area contributed by atoms with Crippen LogP contribution in [0.5, 0.6) is 0 Å². The summed E-state index contributed by atoms with van der Waals surface area (Å²) in [5, 5.41) is 3.15. The lowest BCUT2D eigenvalue weighted by Gasteiger charge is -2.15. The van der Waals surface area contributed by atoms with Crippen LogP contribution in [-0.4, -0.2) is 45.9 Å². The predicted octanol–water partition coefficient (Wildman–Crippen LogP) is 1.28. The number of ether oxygens (including phenoxy) is 2. The van der Waals surface area contributed by atoms with Gasteiger partial charge in [-0.2, -0.15) is 0 Å². The third kappa shape index (κ3) is 8.34. The number of hydrogen-bond acceptors (Lipinski definition) is 3. The predicted molar refractivity (Wildman–Crippen MR) is 50.8 cm³/mol. The van der Waals surface area contributed by atoms with Crippen LogP contribution in [0.15, 0.2) is 0 Å². The summed E-state index contributed by atoms with van der Waals surface area (Å²) < 4.78 is 33.0. The molecule has 0 aromatic carbocycles. The van der Waals surface area contributed by atoms with Crippen molar-refractivity contribution in [2.45, 2.75) is 25.8 Å². The third-order valence-corrected chi connectivity index (χ3v) is 1.78. The highest BCUT2D eigenvalue weighted by Crippen LogP contribution is 1.93. The topological polar surface area (TPSA) is 30.5 Å². The summed E-state index contributed by atoms with van der Waals surface area (Å²) in [5.74, 6) is 0. The summed E-state index contributed by atoms with van der Waals surface area (Å²) in [7, 11) is 1.64. The smallest absolute Gasteiger partial charge is 0.261 e. The fourth-order valence-electron chi connectivity index (χ4n) is 1.03. The molecule has 0 spiro atoms. The van der Waals surface area contributed by atoms with E-state index in [0.29, 0.717) is 19.8 Å². The van der Waals surface area contributed by atoms with Gasteiger partial charge in [-0.3, -0.25) is 0 Å². The van der Waals surface area contributed by atoms with Gasteiger partial charge in [0, 0.05) is 19.7 Å². The van der Waals surface area contributed by atoms with Gasteiger partial charge in [0.05, 0.1) is 13.2 Å². The summed E-state index contributed by atoms with van der Waals surface area (Å²) in [6.07, 6.45) is -1.43. The summed E-state index contributed by atoms with van der Waals surface area (Å²) in [6, 6.07) is 0.273. The van der Waals surface area contributed by atoms with E-state index in [2.05, 4.69) is 5.32 Å². The molecule has 0 aliphatic rings. The van der Waals surface area contributed by atoms with Crippen molar-refractivity contribution in [3.63, 3.8) is 0 Å². The monoisotopic (exact) mass is 211 g/mol. The Kier molecular flexibility index (Phi) is 9.13. The minimum atomic E-state index is -2.38. The Morgan fingerprint density at radius 3 is 2.50 bits per heavy atom. The molecule has 0 bridgehead atoms. The molecule has 0 amide bonds. The van der Waals surface area contributed by atoms with Gasteiger partial charge in [-0.05, 0) is 6.42 Å². The average molecular weight is 211 g/mol. The molecule has 1 atom stereocenters. The van der Waals surface area contributed by atoms with Crippen molar-refractivity contribution in [1.82, 2.24) is 5.32 Å². The van der Waals surface area contributed by atoms with Crippen LogP contribution < -0.4 is 5.32 Å². The molecule has 5 heteroatoms. The summed E-state index contributed by atoms with van der Waals surface area (Å²) in [6.45, 7) is 3.07. The van der Waals surface area contributed by atoms with E-state index in [9.17, 15) is 8.78 Å². The van der Waals surface area contributed by atoms with Crippen LogP contribution in [0.2, 0.25) is 0 Å². The van der Waals surface area contributed by atoms with Crippen LogP contribution in [0.3, 0.4) is 0 Å². The fraction of sp³-hybridized carbons (Fsp3) is 1.00. The second-order valence-corrected chi connectivity index (χ2v) is 2.98. The SMILES string of the molecule is CCC(COC)NCCOCC(F)F. The second kappa shape index (κ2) is 9.30. The largest absolute Gasteiger partial charge is 0.383 e. The first-order valence-electron chi connectivity index (χ1n) is 4.78. The van der Waals surface area contributed by atoms with Crippen molar-refractivity contribution in [3.8, 4) is 0 Å². The first-order chi connectivity index (χ1) is 6.70. The number of hydrogen-bond donors (Lipinski definition) is 1. The van der Waals surface area contributed by atoms with E-state index in [1.165, 1.54) is 0 Å². The maximum atomic E-state index is 11.6. The molecule has 0 rings (SSSR count). The van der Waals surface area contributed by atoms with E-state index in [1.807, 2.05) is 6.92 Å². The molecule has 0 aliphatic heterocycles. The van der Waals surface area contributed by atoms with Gasteiger partial charge in [-0.25, -0.2) is 8.78 Å². The van der Waals surface area contributed by atoms with E-state index in [4.69, 9.17) is 9.47 Å². The molecule has 1 unspecified atom stereocenters. The van der Waals surface area contributed by atoms with Gasteiger partial charge in [-0.1, -0.05) is 6.92 Å². The second-order valence-electron chi connectivity index (χ2n) is 2.98. The highest BCUT2D eigenvalue weighted by molar-refractivity contribution is 4.62. The van der Waals surface area contributed by atoms with Gasteiger partial charge in [0.25, 0.3) is 6.43 Å². The van der Waals surface area contributed by atoms with Crippen LogP contribution in [0.25, 0.3) is 0 Å². The van der Waals surface area contributed by atoms with E-state index >= 15 is 0 Å². The van der Waals surface area contributed by atoms with Crippen LogP contribution >= 0.6 is 0 Å². The van der Waals surface area contributed by atoms with Crippen LogP contribution in [0, 0.1) is 0 Å². The molecular formula is C9H19F2NO2. The van der Waals surface area contributed by atoms with Crippen molar-refractivity contribution in [3.05, 3.63) is 0 Å². The zero-order valence-corrected chi connectivity index (χ0v) is 8.76. The molecule has 0 aromatic rings. The molecule has 0 saturated carbocycles. The molecular weight excluding hydrogens is 192 g/mol. The quantitative estimate of drug-likeness (QED) is 0.583. The van der Waals surface area contributed by atoms with Gasteiger partial charge < -0.3 is 14.8 Å². The number of rotatable bonds is 9. The van der Waals surface area contributed by atoms with Gasteiger partial charge in [-0.15, -0.1) is 0 Å². The standard InChI is InChI=1S/C9H19F2NO2/c1-3-8(6-13-2)12-4-5-14-7-9(10)11/h8-9,12H,3-7H2,1-2H3. The highest BCUT2D eigenvalue weighted by atomic mass is 19.3. The Morgan fingerprint density at radius 2 is 2.00 bits per heavy atom. The Hall–Kier alpha value is -0.260. The van der Waals surface area contributed by atoms with Crippen molar-refractivity contribution in [2.75, 3.05) is 33.5 Å². The molecule has 0 fully saturated rings. The molecule has 14 heavy (non-hydrogen) atoms. The van der Waals surface area contributed by atoms with Crippen molar-refractivity contribution in [2.24, 2.45) is 0 Å². The first kappa shape index (κ1) is 13.7. The molecule has 0 saturated heterocycles. The van der Waals surface area contributed by atoms with E-state index in [0.717, 1.165) is 6.42 Å². The Balaban J connectivity index is 3.24. The van der Waals surface area contributed by atoms with E-state index in [-0.39, 0.29) is 6.04 Å². The highest BCUT2D eigenvalue weighted by Gasteiger charge is 2.04. The van der Waals surface area contributed by atoms with E-state index < -0.39 is 13.0 Å². The van der Waals surface area contributed by atoms with Gasteiger partial charge in [0.2, 0.25) is 0 Å². The third-order valence-electron chi connectivity index (χ3n) is 1.78. The van der Waals surface area contributed by atoms with Gasteiger partial charge >= 0.3 is 0 Å². The molecule has 0 heterocycles. The lowest BCUT2D eigenvalue weighted by Crippen LogP contribution is -2.35. The molecule has 1 N–H and O–H groups in total. The normalized spacial score (nSPS) is 13.5. The minimum absolute atomic E-state index is 0.273. The molecule has 0 radical (unpaired) electrons. The van der Waals surface area contributed by atoms with Crippen LogP contribution in [0.1, 0.15) is 13.3 Å². The Bertz CT molecular complexity index is 125. The van der Waals surface area contributed by atoms with Crippen LogP contribution in [-0.2, 0) is 9.47 Å². The van der Waals surface area contributed by atoms with Gasteiger partial charge in [0.1, 0.15) is 6.61 Å². The van der Waals surface area contributed by atoms with Gasteiger partial charge in [0.15, 0.2) is 0 Å². The van der Waals surface area contributed by atoms with Crippen molar-refractivity contribution >= 4 is 0 Å². The Labute approximate surface area is 83.8 Å². The minimum Gasteiger partial charge on any atom is -0.383 e. The average Bonchev–Trinajstić information content (AvgIpc) is 2.15. The lowest BCUT2D eigenvalue weighted by atomic mass is 10.2. The molecule has 3 nitrogen and oxygen atoms in total. The number of nitrogens with one attached hydrogen (secondary N) is 1. The lowest BCUT2D eigenvalue weighted by molar-refractivity contribution is 0.0174. The maximum absolute atomic E-state index is 11.6. The summed E-state index contributed by atoms with van der Waals surface area (Å²) >= 11 is 0. The van der Waals surface area contributed by atoms with Crippen LogP contribution in [0.4, 0.5) is 8.78 Å². The fourth-order valence-corrected chi connectivity index (χ4v) is 1.03. The maximum Gasteiger partial charge on any atom is 0.261 e. The summed E-state index contributed by atoms with van der Waals surface area (Å²) in [4.78, 5) is 0. The molecule has 0 aliphatic carbocycles. The first-order valence-corrected chi connectivity index (χ1v) is 4.78. The zero-order valence-electron chi connectivity index (χ0n) is 8.76. The van der Waals surface area contributed by atoms with Crippen molar-refractivity contribution in [1.29, 1.82) is 0 Å². The molecule has 0 aromatic heterocycles. The number of alkyl halides is 2. The number of methoxy groups -OCH3 is 1. The zero-order chi connectivity index (χ0) is 10.8. The van der Waals surface area contributed by atoms with Crippen molar-refractivity contribution < 1.29 is 18.3 Å². The molecule has 86 valence electrons.